The lowest BCUT2D eigenvalue weighted by atomic mass is 10.0. The molecule has 2 aromatic rings. The van der Waals surface area contributed by atoms with Gasteiger partial charge in [-0.3, -0.25) is 14.9 Å². The smallest absolute Gasteiger partial charge is 0.269 e. The number of aryl methyl sites for hydroxylation is 1. The second kappa shape index (κ2) is 6.84. The Morgan fingerprint density at radius 3 is 2.64 bits per heavy atom. The van der Waals surface area contributed by atoms with Gasteiger partial charge in [0.15, 0.2) is 6.61 Å². The molecule has 3 rings (SSSR count). The largest absolute Gasteiger partial charge is 0.484 e. The van der Waals surface area contributed by atoms with Crippen molar-refractivity contribution in [1.29, 1.82) is 0 Å². The molecule has 0 atom stereocenters. The van der Waals surface area contributed by atoms with Crippen molar-refractivity contribution in [3.05, 3.63) is 63.7 Å². The van der Waals surface area contributed by atoms with Crippen LogP contribution in [0.5, 0.6) is 5.75 Å². The Kier molecular flexibility index (Phi) is 4.60. The molecule has 0 bridgehead atoms. The SMILES string of the molecule is O=C(COc1ccc([N+](=O)[O-])cc1)N1CCCc2cc(F)cc(F)c21. The number of rotatable bonds is 4. The van der Waals surface area contributed by atoms with E-state index >= 15 is 0 Å². The third-order valence-electron chi connectivity index (χ3n) is 3.92. The molecule has 1 heterocycles. The fraction of sp³-hybridized carbons (Fsp3) is 0.235. The third kappa shape index (κ3) is 3.57. The van der Waals surface area contributed by atoms with Gasteiger partial charge in [-0.15, -0.1) is 0 Å². The molecule has 0 saturated heterocycles. The van der Waals surface area contributed by atoms with Crippen molar-refractivity contribution in [3.63, 3.8) is 0 Å². The molecule has 25 heavy (non-hydrogen) atoms. The quantitative estimate of drug-likeness (QED) is 0.628. The first-order chi connectivity index (χ1) is 12.0. The Morgan fingerprint density at radius 1 is 1.24 bits per heavy atom. The number of anilines is 1. The van der Waals surface area contributed by atoms with E-state index in [4.69, 9.17) is 4.74 Å². The van der Waals surface area contributed by atoms with Crippen molar-refractivity contribution < 1.29 is 23.2 Å². The van der Waals surface area contributed by atoms with Crippen LogP contribution in [0.15, 0.2) is 36.4 Å². The number of carbonyl (C=O) groups is 1. The number of nitrogens with zero attached hydrogens (tertiary/aromatic N) is 2. The molecule has 1 aliphatic heterocycles. The minimum atomic E-state index is -0.779. The highest BCUT2D eigenvalue weighted by Crippen LogP contribution is 2.31. The van der Waals surface area contributed by atoms with Crippen LogP contribution in [0.1, 0.15) is 12.0 Å². The average molecular weight is 348 g/mol. The van der Waals surface area contributed by atoms with Gasteiger partial charge in [-0.1, -0.05) is 0 Å². The molecule has 0 unspecified atom stereocenters. The van der Waals surface area contributed by atoms with Gasteiger partial charge < -0.3 is 9.64 Å². The highest BCUT2D eigenvalue weighted by molar-refractivity contribution is 5.95. The fourth-order valence-corrected chi connectivity index (χ4v) is 2.79. The first kappa shape index (κ1) is 16.8. The molecule has 8 heteroatoms. The zero-order valence-electron chi connectivity index (χ0n) is 13.1. The predicted octanol–water partition coefficient (Wildman–Crippen LogP) is 3.23. The van der Waals surface area contributed by atoms with Crippen molar-refractivity contribution in [1.82, 2.24) is 0 Å². The van der Waals surface area contributed by atoms with Crippen molar-refractivity contribution >= 4 is 17.3 Å². The van der Waals surface area contributed by atoms with Crippen LogP contribution in [-0.4, -0.2) is 24.0 Å². The number of nitro benzene ring substituents is 1. The second-order valence-corrected chi connectivity index (χ2v) is 5.58. The Hall–Kier alpha value is -3.03. The number of amides is 1. The minimum absolute atomic E-state index is 0.0879. The molecule has 0 saturated carbocycles. The van der Waals surface area contributed by atoms with Crippen molar-refractivity contribution in [2.45, 2.75) is 12.8 Å². The first-order valence-corrected chi connectivity index (χ1v) is 7.61. The second-order valence-electron chi connectivity index (χ2n) is 5.58. The molecule has 1 aliphatic rings. The Balaban J connectivity index is 1.71. The molecule has 2 aromatic carbocycles. The van der Waals surface area contributed by atoms with Crippen LogP contribution in [0, 0.1) is 21.7 Å². The number of carbonyl (C=O) groups excluding carboxylic acids is 1. The van der Waals surface area contributed by atoms with Crippen LogP contribution in [0.2, 0.25) is 0 Å². The third-order valence-corrected chi connectivity index (χ3v) is 3.92. The normalized spacial score (nSPS) is 13.3. The Bertz CT molecular complexity index is 824. The lowest BCUT2D eigenvalue weighted by Gasteiger charge is -2.29. The number of ether oxygens (including phenoxy) is 1. The highest BCUT2D eigenvalue weighted by atomic mass is 19.1. The van der Waals surface area contributed by atoms with Crippen molar-refractivity contribution in [2.75, 3.05) is 18.1 Å². The van der Waals surface area contributed by atoms with Gasteiger partial charge in [0, 0.05) is 24.7 Å². The molecule has 0 fully saturated rings. The van der Waals surface area contributed by atoms with Gasteiger partial charge in [0.2, 0.25) is 0 Å². The lowest BCUT2D eigenvalue weighted by Crippen LogP contribution is -2.39. The van der Waals surface area contributed by atoms with Gasteiger partial charge in [-0.05, 0) is 36.6 Å². The van der Waals surface area contributed by atoms with E-state index in [1.807, 2.05) is 0 Å². The fourth-order valence-electron chi connectivity index (χ4n) is 2.79. The summed E-state index contributed by atoms with van der Waals surface area (Å²) in [6, 6.07) is 7.27. The summed E-state index contributed by atoms with van der Waals surface area (Å²) < 4.78 is 32.7. The van der Waals surface area contributed by atoms with Crippen LogP contribution in [0.4, 0.5) is 20.2 Å². The summed E-state index contributed by atoms with van der Waals surface area (Å²) in [6.45, 7) is -0.0356. The van der Waals surface area contributed by atoms with E-state index in [1.165, 1.54) is 35.2 Å². The number of hydrogen-bond donors (Lipinski definition) is 0. The summed E-state index contributed by atoms with van der Waals surface area (Å²) >= 11 is 0. The number of hydrogen-bond acceptors (Lipinski definition) is 4. The minimum Gasteiger partial charge on any atom is -0.484 e. The maximum atomic E-state index is 14.1. The first-order valence-electron chi connectivity index (χ1n) is 7.61. The van der Waals surface area contributed by atoms with E-state index in [1.54, 1.807) is 0 Å². The van der Waals surface area contributed by atoms with E-state index < -0.39 is 22.5 Å². The summed E-state index contributed by atoms with van der Waals surface area (Å²) in [4.78, 5) is 23.7. The number of non-ortho nitro benzene ring substituents is 1. The summed E-state index contributed by atoms with van der Waals surface area (Å²) in [5.41, 5.74) is 0.449. The summed E-state index contributed by atoms with van der Waals surface area (Å²) in [6.07, 6.45) is 1.09. The summed E-state index contributed by atoms with van der Waals surface area (Å²) in [7, 11) is 0. The molecule has 6 nitrogen and oxygen atoms in total. The van der Waals surface area contributed by atoms with Gasteiger partial charge in [-0.2, -0.15) is 0 Å². The zero-order valence-corrected chi connectivity index (χ0v) is 13.1. The molecule has 0 aliphatic carbocycles. The van der Waals surface area contributed by atoms with Gasteiger partial charge in [0.05, 0.1) is 10.6 Å². The predicted molar refractivity (Wildman–Crippen MR) is 85.6 cm³/mol. The molecule has 0 radical (unpaired) electrons. The van der Waals surface area contributed by atoms with Crippen LogP contribution in [0.3, 0.4) is 0 Å². The van der Waals surface area contributed by atoms with Crippen molar-refractivity contribution in [3.8, 4) is 5.75 Å². The standard InChI is InChI=1S/C17H14F2N2O4/c18-12-8-11-2-1-7-20(17(11)15(19)9-12)16(22)10-25-14-5-3-13(4-6-14)21(23)24/h3-6,8-9H,1-2,7,10H2. The average Bonchev–Trinajstić information content (AvgIpc) is 2.59. The molecule has 1 amide bonds. The van der Waals surface area contributed by atoms with Crippen LogP contribution in [-0.2, 0) is 11.2 Å². The number of nitro groups is 1. The van der Waals surface area contributed by atoms with Gasteiger partial charge in [0.25, 0.3) is 11.6 Å². The van der Waals surface area contributed by atoms with Gasteiger partial charge >= 0.3 is 0 Å². The summed E-state index contributed by atoms with van der Waals surface area (Å²) in [5, 5.41) is 10.6. The molecular formula is C17H14F2N2O4. The maximum Gasteiger partial charge on any atom is 0.269 e. The molecule has 130 valence electrons. The molecular weight excluding hydrogens is 334 g/mol. The monoisotopic (exact) mass is 348 g/mol. The van der Waals surface area contributed by atoms with E-state index in [-0.39, 0.29) is 23.7 Å². The van der Waals surface area contributed by atoms with Crippen LogP contribution < -0.4 is 9.64 Å². The Morgan fingerprint density at radius 2 is 1.96 bits per heavy atom. The van der Waals surface area contributed by atoms with Crippen LogP contribution >= 0.6 is 0 Å². The molecule has 0 aromatic heterocycles. The van der Waals surface area contributed by atoms with E-state index in [0.29, 0.717) is 24.9 Å². The number of halogens is 2. The van der Waals surface area contributed by atoms with E-state index in [2.05, 4.69) is 0 Å². The van der Waals surface area contributed by atoms with Gasteiger partial charge in [-0.25, -0.2) is 8.78 Å². The number of benzene rings is 2. The van der Waals surface area contributed by atoms with Crippen molar-refractivity contribution in [2.24, 2.45) is 0 Å². The highest BCUT2D eigenvalue weighted by Gasteiger charge is 2.26. The zero-order chi connectivity index (χ0) is 18.0. The number of fused-ring (bicyclic) bond motifs is 1. The maximum absolute atomic E-state index is 14.1. The molecule has 0 N–H and O–H groups in total. The topological polar surface area (TPSA) is 72.7 Å². The molecule has 0 spiro atoms. The van der Waals surface area contributed by atoms with Gasteiger partial charge in [0.1, 0.15) is 17.4 Å². The summed E-state index contributed by atoms with van der Waals surface area (Å²) in [5.74, 6) is -1.63. The van der Waals surface area contributed by atoms with Crippen LogP contribution in [0.25, 0.3) is 0 Å². The Labute approximate surface area is 141 Å². The van der Waals surface area contributed by atoms with E-state index in [9.17, 15) is 23.7 Å². The lowest BCUT2D eigenvalue weighted by molar-refractivity contribution is -0.384. The van der Waals surface area contributed by atoms with E-state index in [0.717, 1.165) is 6.07 Å².